The van der Waals surface area contributed by atoms with Crippen LogP contribution in [0.3, 0.4) is 0 Å². The molecule has 21 heavy (non-hydrogen) atoms. The zero-order valence-electron chi connectivity index (χ0n) is 11.7. The van der Waals surface area contributed by atoms with Crippen molar-refractivity contribution in [1.82, 2.24) is 10.2 Å². The number of carbonyl (C=O) groups is 1. The van der Waals surface area contributed by atoms with Gasteiger partial charge in [-0.3, -0.25) is 15.0 Å². The zero-order chi connectivity index (χ0) is 15.5. The van der Waals surface area contributed by atoms with E-state index in [2.05, 4.69) is 5.32 Å². The fourth-order valence-electron chi connectivity index (χ4n) is 2.61. The number of rotatable bonds is 5. The minimum absolute atomic E-state index is 0.0377. The molecule has 112 valence electrons. The van der Waals surface area contributed by atoms with Gasteiger partial charge in [-0.2, -0.15) is 0 Å². The summed E-state index contributed by atoms with van der Waals surface area (Å²) in [5.41, 5.74) is -0.690. The molecular formula is C14H17N3O3S. The number of thiocarbonyl (C=S) groups is 1. The van der Waals surface area contributed by atoms with Crippen LogP contribution in [0.5, 0.6) is 0 Å². The van der Waals surface area contributed by atoms with Crippen LogP contribution >= 0.6 is 12.2 Å². The molecule has 0 aliphatic carbocycles. The molecule has 1 aliphatic heterocycles. The van der Waals surface area contributed by atoms with Gasteiger partial charge in [0, 0.05) is 11.5 Å². The summed E-state index contributed by atoms with van der Waals surface area (Å²) in [6.07, 6.45) is 0.828. The van der Waals surface area contributed by atoms with Gasteiger partial charge in [0.1, 0.15) is 0 Å². The SMILES string of the molecule is CCCN1C(=O)NC(=S)CC1(Cc1ccccc1)[N+](=O)[O-]. The third-order valence-electron chi connectivity index (χ3n) is 3.55. The lowest BCUT2D eigenvalue weighted by atomic mass is 9.93. The number of nitrogens with one attached hydrogen (secondary N) is 1. The molecule has 0 radical (unpaired) electrons. The highest BCUT2D eigenvalue weighted by molar-refractivity contribution is 7.80. The highest BCUT2D eigenvalue weighted by Crippen LogP contribution is 2.29. The number of urea groups is 1. The van der Waals surface area contributed by atoms with E-state index < -0.39 is 11.7 Å². The Bertz CT molecular complexity index is 564. The van der Waals surface area contributed by atoms with Gasteiger partial charge in [-0.15, -0.1) is 0 Å². The van der Waals surface area contributed by atoms with Crippen LogP contribution < -0.4 is 5.32 Å². The standard InChI is InChI=1S/C14H17N3O3S/c1-2-8-16-13(18)15-12(21)10-14(16,17(19)20)9-11-6-4-3-5-7-11/h3-7H,2,8-10H2,1H3,(H,15,18,21). The second kappa shape index (κ2) is 6.17. The maximum Gasteiger partial charge on any atom is 0.327 e. The second-order valence-electron chi connectivity index (χ2n) is 5.08. The first-order valence-electron chi connectivity index (χ1n) is 6.79. The molecule has 6 nitrogen and oxygen atoms in total. The molecule has 1 heterocycles. The molecule has 1 atom stereocenters. The van der Waals surface area contributed by atoms with Gasteiger partial charge in [0.05, 0.1) is 17.8 Å². The van der Waals surface area contributed by atoms with Gasteiger partial charge in [0.15, 0.2) is 0 Å². The van der Waals surface area contributed by atoms with Crippen LogP contribution in [0.4, 0.5) is 4.79 Å². The molecule has 1 aromatic carbocycles. The lowest BCUT2D eigenvalue weighted by molar-refractivity contribution is -0.595. The molecule has 1 N–H and O–H groups in total. The van der Waals surface area contributed by atoms with E-state index in [4.69, 9.17) is 12.2 Å². The van der Waals surface area contributed by atoms with Gasteiger partial charge in [-0.05, 0) is 12.0 Å². The Hall–Kier alpha value is -2.02. The smallest absolute Gasteiger partial charge is 0.302 e. The minimum atomic E-state index is -1.50. The summed E-state index contributed by atoms with van der Waals surface area (Å²) in [6, 6.07) is 8.67. The molecule has 0 bridgehead atoms. The molecule has 1 aromatic rings. The molecule has 0 spiro atoms. The topological polar surface area (TPSA) is 75.5 Å². The number of nitro groups is 1. The Morgan fingerprint density at radius 2 is 2.10 bits per heavy atom. The average molecular weight is 307 g/mol. The summed E-state index contributed by atoms with van der Waals surface area (Å²) < 4.78 is 0. The van der Waals surface area contributed by atoms with E-state index in [1.807, 2.05) is 37.3 Å². The van der Waals surface area contributed by atoms with Crippen LogP contribution in [0, 0.1) is 10.1 Å². The molecule has 2 rings (SSSR count). The van der Waals surface area contributed by atoms with Crippen molar-refractivity contribution in [3.05, 3.63) is 46.0 Å². The van der Waals surface area contributed by atoms with Crippen molar-refractivity contribution in [2.75, 3.05) is 6.54 Å². The molecule has 0 saturated carbocycles. The van der Waals surface area contributed by atoms with Crippen molar-refractivity contribution in [3.8, 4) is 0 Å². The van der Waals surface area contributed by atoms with Gasteiger partial charge in [0.25, 0.3) is 0 Å². The summed E-state index contributed by atoms with van der Waals surface area (Å²) >= 11 is 5.04. The first kappa shape index (κ1) is 15.4. The third kappa shape index (κ3) is 3.02. The Labute approximate surface area is 128 Å². The molecule has 1 saturated heterocycles. The van der Waals surface area contributed by atoms with E-state index in [0.717, 1.165) is 5.56 Å². The lowest BCUT2D eigenvalue weighted by Gasteiger charge is -2.40. The Kier molecular flexibility index (Phi) is 4.52. The van der Waals surface area contributed by atoms with E-state index in [1.54, 1.807) is 0 Å². The first-order valence-corrected chi connectivity index (χ1v) is 7.20. The molecule has 1 aliphatic rings. The van der Waals surface area contributed by atoms with Gasteiger partial charge < -0.3 is 5.32 Å². The normalized spacial score (nSPS) is 22.0. The van der Waals surface area contributed by atoms with Crippen LogP contribution in [0.2, 0.25) is 0 Å². The monoisotopic (exact) mass is 307 g/mol. The van der Waals surface area contributed by atoms with E-state index in [9.17, 15) is 14.9 Å². The van der Waals surface area contributed by atoms with E-state index in [0.29, 0.717) is 13.0 Å². The van der Waals surface area contributed by atoms with E-state index in [-0.39, 0.29) is 22.8 Å². The molecule has 1 unspecified atom stereocenters. The maximum atomic E-state index is 12.1. The zero-order valence-corrected chi connectivity index (χ0v) is 12.6. The number of carbonyl (C=O) groups excluding carboxylic acids is 1. The summed E-state index contributed by atoms with van der Waals surface area (Å²) in [4.78, 5) is 25.1. The number of hydrogen-bond acceptors (Lipinski definition) is 4. The highest BCUT2D eigenvalue weighted by atomic mass is 32.1. The predicted octanol–water partition coefficient (Wildman–Crippen LogP) is 2.35. The molecular weight excluding hydrogens is 290 g/mol. The Morgan fingerprint density at radius 3 is 2.67 bits per heavy atom. The number of nitrogens with zero attached hydrogens (tertiary/aromatic N) is 2. The first-order chi connectivity index (χ1) is 9.99. The number of benzene rings is 1. The molecule has 7 heteroatoms. The summed E-state index contributed by atoms with van der Waals surface area (Å²) in [5, 5.41) is 14.3. The van der Waals surface area contributed by atoms with Gasteiger partial charge >= 0.3 is 11.7 Å². The highest BCUT2D eigenvalue weighted by Gasteiger charge is 2.54. The number of hydrogen-bond donors (Lipinski definition) is 1. The van der Waals surface area contributed by atoms with Crippen LogP contribution in [-0.4, -0.2) is 33.1 Å². The summed E-state index contributed by atoms with van der Waals surface area (Å²) in [6.45, 7) is 2.20. The fraction of sp³-hybridized carbons (Fsp3) is 0.429. The number of amides is 2. The van der Waals surface area contributed by atoms with Gasteiger partial charge in [-0.1, -0.05) is 49.5 Å². The van der Waals surface area contributed by atoms with Crippen LogP contribution in [0.1, 0.15) is 25.3 Å². The van der Waals surface area contributed by atoms with Crippen LogP contribution in [0.15, 0.2) is 30.3 Å². The average Bonchev–Trinajstić information content (AvgIpc) is 2.43. The maximum absolute atomic E-state index is 12.1. The second-order valence-corrected chi connectivity index (χ2v) is 5.58. The predicted molar refractivity (Wildman–Crippen MR) is 82.6 cm³/mol. The lowest BCUT2D eigenvalue weighted by Crippen LogP contribution is -2.67. The Morgan fingerprint density at radius 1 is 1.43 bits per heavy atom. The van der Waals surface area contributed by atoms with Crippen molar-refractivity contribution in [3.63, 3.8) is 0 Å². The molecule has 1 fully saturated rings. The van der Waals surface area contributed by atoms with Crippen molar-refractivity contribution in [1.29, 1.82) is 0 Å². The molecule has 2 amide bonds. The van der Waals surface area contributed by atoms with E-state index >= 15 is 0 Å². The molecule has 0 aromatic heterocycles. The van der Waals surface area contributed by atoms with Crippen LogP contribution in [0.25, 0.3) is 0 Å². The van der Waals surface area contributed by atoms with Crippen molar-refractivity contribution in [2.24, 2.45) is 0 Å². The summed E-state index contributed by atoms with van der Waals surface area (Å²) in [7, 11) is 0. The van der Waals surface area contributed by atoms with Gasteiger partial charge in [0.2, 0.25) is 0 Å². The van der Waals surface area contributed by atoms with Crippen molar-refractivity contribution < 1.29 is 9.72 Å². The fourth-order valence-corrected chi connectivity index (χ4v) is 2.93. The largest absolute Gasteiger partial charge is 0.327 e. The summed E-state index contributed by atoms with van der Waals surface area (Å²) in [5.74, 6) is 0. The Balaban J connectivity index is 2.43. The quantitative estimate of drug-likeness (QED) is 0.515. The minimum Gasteiger partial charge on any atom is -0.302 e. The third-order valence-corrected chi connectivity index (χ3v) is 3.80. The van der Waals surface area contributed by atoms with Crippen molar-refractivity contribution in [2.45, 2.75) is 31.8 Å². The van der Waals surface area contributed by atoms with E-state index in [1.165, 1.54) is 4.90 Å². The van der Waals surface area contributed by atoms with Crippen LogP contribution in [-0.2, 0) is 6.42 Å². The van der Waals surface area contributed by atoms with Gasteiger partial charge in [-0.25, -0.2) is 4.79 Å². The van der Waals surface area contributed by atoms with Crippen molar-refractivity contribution >= 4 is 23.2 Å².